The lowest BCUT2D eigenvalue weighted by atomic mass is 10.0. The van der Waals surface area contributed by atoms with E-state index in [1.165, 1.54) is 6.26 Å². The van der Waals surface area contributed by atoms with Crippen LogP contribution in [0.15, 0.2) is 53.1 Å². The number of aliphatic hydroxyl groups excluding tert-OH is 1. The quantitative estimate of drug-likeness (QED) is 0.803. The molecule has 0 saturated carbocycles. The van der Waals surface area contributed by atoms with Crippen molar-refractivity contribution in [2.45, 2.75) is 32.5 Å². The van der Waals surface area contributed by atoms with Gasteiger partial charge in [0.2, 0.25) is 5.91 Å². The molecule has 24 heavy (non-hydrogen) atoms. The molecule has 0 saturated heterocycles. The van der Waals surface area contributed by atoms with Gasteiger partial charge in [0.1, 0.15) is 11.9 Å². The highest BCUT2D eigenvalue weighted by atomic mass is 35.5. The Morgan fingerprint density at radius 1 is 1.21 bits per heavy atom. The summed E-state index contributed by atoms with van der Waals surface area (Å²) in [5, 5.41) is 10.3. The van der Waals surface area contributed by atoms with Crippen LogP contribution in [0.5, 0.6) is 0 Å². The van der Waals surface area contributed by atoms with Crippen molar-refractivity contribution < 1.29 is 14.3 Å². The zero-order chi connectivity index (χ0) is 16.8. The van der Waals surface area contributed by atoms with Crippen molar-refractivity contribution in [2.75, 3.05) is 6.54 Å². The maximum atomic E-state index is 12.7. The van der Waals surface area contributed by atoms with E-state index in [0.717, 1.165) is 5.56 Å². The first-order valence-corrected chi connectivity index (χ1v) is 7.78. The molecule has 132 valence electrons. The molecule has 1 aromatic heterocycles. The van der Waals surface area contributed by atoms with Crippen LogP contribution in [0.2, 0.25) is 0 Å². The second-order valence-corrected chi connectivity index (χ2v) is 5.88. The summed E-state index contributed by atoms with van der Waals surface area (Å²) in [5.74, 6) is 0.0567. The van der Waals surface area contributed by atoms with Crippen LogP contribution in [0.4, 0.5) is 0 Å². The molecule has 0 spiro atoms. The Bertz CT molecular complexity index is 602. The van der Waals surface area contributed by atoms with Crippen LogP contribution in [-0.2, 0) is 11.3 Å². The van der Waals surface area contributed by atoms with E-state index in [0.29, 0.717) is 12.3 Å². The highest BCUT2D eigenvalue weighted by Gasteiger charge is 2.26. The van der Waals surface area contributed by atoms with Crippen molar-refractivity contribution in [3.63, 3.8) is 0 Å². The molecule has 2 aromatic rings. The number of carbonyl (C=O) groups excluding carboxylic acids is 1. The van der Waals surface area contributed by atoms with E-state index < -0.39 is 6.10 Å². The molecule has 3 unspecified atom stereocenters. The van der Waals surface area contributed by atoms with Gasteiger partial charge in [-0.2, -0.15) is 0 Å². The van der Waals surface area contributed by atoms with Crippen LogP contribution in [-0.4, -0.2) is 28.5 Å². The lowest BCUT2D eigenvalue weighted by Crippen LogP contribution is -2.43. The number of hydrogen-bond acceptors (Lipinski definition) is 4. The maximum absolute atomic E-state index is 12.7. The van der Waals surface area contributed by atoms with Crippen LogP contribution in [0, 0.1) is 5.92 Å². The van der Waals surface area contributed by atoms with E-state index >= 15 is 0 Å². The van der Waals surface area contributed by atoms with Crippen molar-refractivity contribution in [3.05, 3.63) is 60.1 Å². The summed E-state index contributed by atoms with van der Waals surface area (Å²) in [6, 6.07) is 12.9. The fraction of sp³-hybridized carbons (Fsp3) is 0.389. The Kier molecular flexibility index (Phi) is 7.98. The average Bonchev–Trinajstić information content (AvgIpc) is 3.08. The second kappa shape index (κ2) is 9.47. The van der Waals surface area contributed by atoms with Crippen molar-refractivity contribution in [2.24, 2.45) is 11.7 Å². The summed E-state index contributed by atoms with van der Waals surface area (Å²) in [7, 11) is 0. The molecule has 3 N–H and O–H groups in total. The van der Waals surface area contributed by atoms with E-state index in [1.807, 2.05) is 44.2 Å². The van der Waals surface area contributed by atoms with E-state index in [2.05, 4.69) is 0 Å². The minimum atomic E-state index is -0.863. The molecule has 5 nitrogen and oxygen atoms in total. The first kappa shape index (κ1) is 20.2. The standard InChI is InChI=1S/C18H24N2O3.ClH/c1-13(14(2)19)18(22)20(11-15-7-4-3-5-8-15)12-16(21)17-9-6-10-23-17;/h3-10,13-14,16,21H,11-12,19H2,1-2H3;1H. The molecule has 1 aromatic carbocycles. The first-order valence-electron chi connectivity index (χ1n) is 7.78. The topological polar surface area (TPSA) is 79.7 Å². The first-order chi connectivity index (χ1) is 11.0. The molecule has 1 amide bonds. The fourth-order valence-corrected chi connectivity index (χ4v) is 2.33. The SMILES string of the molecule is CC(N)C(C)C(=O)N(Cc1ccccc1)CC(O)c1ccco1.Cl. The van der Waals surface area contributed by atoms with Gasteiger partial charge < -0.3 is 20.2 Å². The Balaban J connectivity index is 0.00000288. The summed E-state index contributed by atoms with van der Waals surface area (Å²) in [6.07, 6.45) is 0.643. The van der Waals surface area contributed by atoms with Crippen LogP contribution < -0.4 is 5.73 Å². The number of amides is 1. The smallest absolute Gasteiger partial charge is 0.227 e. The summed E-state index contributed by atoms with van der Waals surface area (Å²) in [6.45, 7) is 4.21. The monoisotopic (exact) mass is 352 g/mol. The third-order valence-electron chi connectivity index (χ3n) is 3.97. The number of hydrogen-bond donors (Lipinski definition) is 2. The molecule has 0 aliphatic rings. The lowest BCUT2D eigenvalue weighted by Gasteiger charge is -2.29. The predicted molar refractivity (Wildman–Crippen MR) is 95.6 cm³/mol. The van der Waals surface area contributed by atoms with Crippen molar-refractivity contribution in [3.8, 4) is 0 Å². The van der Waals surface area contributed by atoms with Crippen LogP contribution in [0.1, 0.15) is 31.3 Å². The Hall–Kier alpha value is -1.82. The molecule has 0 fully saturated rings. The molecular weight excluding hydrogens is 328 g/mol. The van der Waals surface area contributed by atoms with Crippen LogP contribution >= 0.6 is 12.4 Å². The highest BCUT2D eigenvalue weighted by Crippen LogP contribution is 2.18. The van der Waals surface area contributed by atoms with E-state index in [4.69, 9.17) is 10.2 Å². The second-order valence-electron chi connectivity index (χ2n) is 5.88. The van der Waals surface area contributed by atoms with Gasteiger partial charge in [-0.15, -0.1) is 12.4 Å². The lowest BCUT2D eigenvalue weighted by molar-refractivity contribution is -0.137. The number of aliphatic hydroxyl groups is 1. The number of benzene rings is 1. The van der Waals surface area contributed by atoms with Crippen molar-refractivity contribution in [1.82, 2.24) is 4.90 Å². The van der Waals surface area contributed by atoms with Gasteiger partial charge in [0.25, 0.3) is 0 Å². The molecular formula is C18H25ClN2O3. The van der Waals surface area contributed by atoms with Gasteiger partial charge in [0.05, 0.1) is 18.7 Å². The van der Waals surface area contributed by atoms with Gasteiger partial charge in [0.15, 0.2) is 0 Å². The molecule has 0 aliphatic carbocycles. The molecule has 0 aliphatic heterocycles. The molecule has 0 radical (unpaired) electrons. The Morgan fingerprint density at radius 2 is 1.88 bits per heavy atom. The minimum absolute atomic E-state index is 0. The third kappa shape index (κ3) is 5.37. The summed E-state index contributed by atoms with van der Waals surface area (Å²) in [5.41, 5.74) is 6.87. The number of nitrogens with zero attached hydrogens (tertiary/aromatic N) is 1. The average molecular weight is 353 g/mol. The van der Waals surface area contributed by atoms with Gasteiger partial charge in [-0.05, 0) is 24.6 Å². The Labute approximate surface area is 148 Å². The molecule has 6 heteroatoms. The normalized spacial score (nSPS) is 14.3. The van der Waals surface area contributed by atoms with Gasteiger partial charge in [-0.3, -0.25) is 4.79 Å². The molecule has 0 bridgehead atoms. The zero-order valence-corrected chi connectivity index (χ0v) is 14.8. The molecule has 2 rings (SSSR count). The van der Waals surface area contributed by atoms with E-state index in [9.17, 15) is 9.90 Å². The molecule has 3 atom stereocenters. The van der Waals surface area contributed by atoms with Crippen LogP contribution in [0.3, 0.4) is 0 Å². The number of furan rings is 1. The van der Waals surface area contributed by atoms with Gasteiger partial charge in [-0.1, -0.05) is 37.3 Å². The van der Waals surface area contributed by atoms with E-state index in [1.54, 1.807) is 17.0 Å². The fourth-order valence-electron chi connectivity index (χ4n) is 2.33. The van der Waals surface area contributed by atoms with Gasteiger partial charge >= 0.3 is 0 Å². The van der Waals surface area contributed by atoms with Crippen LogP contribution in [0.25, 0.3) is 0 Å². The van der Waals surface area contributed by atoms with Crippen molar-refractivity contribution in [1.29, 1.82) is 0 Å². The highest BCUT2D eigenvalue weighted by molar-refractivity contribution is 5.85. The Morgan fingerprint density at radius 3 is 2.42 bits per heavy atom. The maximum Gasteiger partial charge on any atom is 0.227 e. The number of carbonyl (C=O) groups is 1. The zero-order valence-electron chi connectivity index (χ0n) is 14.0. The summed E-state index contributed by atoms with van der Waals surface area (Å²) >= 11 is 0. The number of halogens is 1. The number of nitrogens with two attached hydrogens (primary N) is 1. The predicted octanol–water partition coefficient (Wildman–Crippen LogP) is 2.75. The van der Waals surface area contributed by atoms with E-state index in [-0.39, 0.29) is 36.8 Å². The van der Waals surface area contributed by atoms with Crippen molar-refractivity contribution >= 4 is 18.3 Å². The number of rotatable bonds is 7. The summed E-state index contributed by atoms with van der Waals surface area (Å²) in [4.78, 5) is 14.3. The third-order valence-corrected chi connectivity index (χ3v) is 3.97. The summed E-state index contributed by atoms with van der Waals surface area (Å²) < 4.78 is 5.22. The van der Waals surface area contributed by atoms with Gasteiger partial charge in [0, 0.05) is 12.6 Å². The largest absolute Gasteiger partial charge is 0.467 e. The van der Waals surface area contributed by atoms with Gasteiger partial charge in [-0.25, -0.2) is 0 Å². The molecule has 1 heterocycles. The minimum Gasteiger partial charge on any atom is -0.467 e.